The second-order valence-corrected chi connectivity index (χ2v) is 5.32. The molecule has 5 heteroatoms. The van der Waals surface area contributed by atoms with Crippen LogP contribution in [-0.2, 0) is 9.47 Å². The van der Waals surface area contributed by atoms with Gasteiger partial charge >= 0.3 is 5.97 Å². The average Bonchev–Trinajstić information content (AvgIpc) is 2.47. The zero-order valence-electron chi connectivity index (χ0n) is 12.4. The number of rotatable bonds is 4. The van der Waals surface area contributed by atoms with Crippen LogP contribution in [0.3, 0.4) is 0 Å². The molecule has 0 spiro atoms. The van der Waals surface area contributed by atoms with Crippen molar-refractivity contribution >= 4 is 5.97 Å². The van der Waals surface area contributed by atoms with Crippen molar-refractivity contribution in [3.05, 3.63) is 23.3 Å². The summed E-state index contributed by atoms with van der Waals surface area (Å²) in [5.74, 6) is 0.822. The van der Waals surface area contributed by atoms with E-state index in [1.165, 1.54) is 0 Å². The summed E-state index contributed by atoms with van der Waals surface area (Å²) in [6.07, 6.45) is 3.67. The lowest BCUT2D eigenvalue weighted by atomic mass is 9.99. The maximum Gasteiger partial charge on any atom is 0.341 e. The quantitative estimate of drug-likeness (QED) is 0.792. The summed E-state index contributed by atoms with van der Waals surface area (Å²) >= 11 is 0. The highest BCUT2D eigenvalue weighted by Crippen LogP contribution is 2.25. The van der Waals surface area contributed by atoms with Crippen LogP contribution in [-0.4, -0.2) is 35.8 Å². The molecular formula is C15H22N2O3. The fraction of sp³-hybridized carbons (Fsp3) is 0.667. The van der Waals surface area contributed by atoms with E-state index >= 15 is 0 Å². The van der Waals surface area contributed by atoms with Crippen LogP contribution in [0.4, 0.5) is 0 Å². The predicted octanol–water partition coefficient (Wildman–Crippen LogP) is 2.67. The number of esters is 1. The number of ether oxygens (including phenoxy) is 2. The first-order chi connectivity index (χ1) is 9.63. The van der Waals surface area contributed by atoms with Crippen LogP contribution in [0.25, 0.3) is 0 Å². The van der Waals surface area contributed by atoms with E-state index in [4.69, 9.17) is 9.47 Å². The second-order valence-electron chi connectivity index (χ2n) is 5.32. The minimum absolute atomic E-state index is 0.153. The summed E-state index contributed by atoms with van der Waals surface area (Å²) in [5.41, 5.74) is 1.24. The molecule has 1 aliphatic heterocycles. The summed E-state index contributed by atoms with van der Waals surface area (Å²) < 4.78 is 10.5. The summed E-state index contributed by atoms with van der Waals surface area (Å²) in [7, 11) is 0. The van der Waals surface area contributed by atoms with Crippen LogP contribution in [0.2, 0.25) is 0 Å². The molecule has 5 nitrogen and oxygen atoms in total. The highest BCUT2D eigenvalue weighted by atomic mass is 16.5. The van der Waals surface area contributed by atoms with E-state index in [-0.39, 0.29) is 17.8 Å². The molecule has 0 aromatic carbocycles. The third-order valence-corrected chi connectivity index (χ3v) is 3.40. The van der Waals surface area contributed by atoms with E-state index in [9.17, 15) is 4.79 Å². The van der Waals surface area contributed by atoms with Crippen molar-refractivity contribution < 1.29 is 14.3 Å². The number of aromatic nitrogens is 2. The monoisotopic (exact) mass is 278 g/mol. The lowest BCUT2D eigenvalue weighted by Crippen LogP contribution is -2.20. The molecule has 1 aromatic heterocycles. The van der Waals surface area contributed by atoms with Gasteiger partial charge in [0.15, 0.2) is 0 Å². The Morgan fingerprint density at radius 1 is 1.55 bits per heavy atom. The second kappa shape index (κ2) is 6.79. The fourth-order valence-electron chi connectivity index (χ4n) is 2.36. The predicted molar refractivity (Wildman–Crippen MR) is 74.9 cm³/mol. The first-order valence-electron chi connectivity index (χ1n) is 7.25. The molecule has 20 heavy (non-hydrogen) atoms. The van der Waals surface area contributed by atoms with Crippen LogP contribution in [0.15, 0.2) is 6.20 Å². The maximum absolute atomic E-state index is 11.9. The summed E-state index contributed by atoms with van der Waals surface area (Å²) in [5, 5.41) is 0. The summed E-state index contributed by atoms with van der Waals surface area (Å²) in [4.78, 5) is 20.9. The Bertz CT molecular complexity index is 468. The molecule has 2 heterocycles. The zero-order chi connectivity index (χ0) is 14.5. The van der Waals surface area contributed by atoms with E-state index in [0.29, 0.717) is 18.8 Å². The van der Waals surface area contributed by atoms with Gasteiger partial charge in [-0.25, -0.2) is 14.8 Å². The molecule has 1 aliphatic rings. The standard InChI is InChI=1S/C15H22N2O3/c1-4-20-15(18)12-8-16-14(17-13(12)10(2)3)11-6-5-7-19-9-11/h8,10-11H,4-7,9H2,1-3H3. The molecule has 0 N–H and O–H groups in total. The van der Waals surface area contributed by atoms with E-state index in [2.05, 4.69) is 9.97 Å². The third kappa shape index (κ3) is 3.33. The Morgan fingerprint density at radius 2 is 2.35 bits per heavy atom. The largest absolute Gasteiger partial charge is 0.462 e. The van der Waals surface area contributed by atoms with Crippen molar-refractivity contribution in [2.24, 2.45) is 0 Å². The van der Waals surface area contributed by atoms with Gasteiger partial charge in [0.1, 0.15) is 5.82 Å². The van der Waals surface area contributed by atoms with Crippen LogP contribution in [0, 0.1) is 0 Å². The fourth-order valence-corrected chi connectivity index (χ4v) is 2.36. The van der Waals surface area contributed by atoms with E-state index in [1.54, 1.807) is 13.1 Å². The zero-order valence-corrected chi connectivity index (χ0v) is 12.4. The van der Waals surface area contributed by atoms with E-state index in [1.807, 2.05) is 13.8 Å². The molecule has 0 radical (unpaired) electrons. The minimum atomic E-state index is -0.345. The van der Waals surface area contributed by atoms with E-state index in [0.717, 1.165) is 31.0 Å². The topological polar surface area (TPSA) is 61.3 Å². The van der Waals surface area contributed by atoms with Crippen molar-refractivity contribution in [3.8, 4) is 0 Å². The minimum Gasteiger partial charge on any atom is -0.462 e. The average molecular weight is 278 g/mol. The maximum atomic E-state index is 11.9. The molecule has 0 bridgehead atoms. The molecule has 1 fully saturated rings. The Morgan fingerprint density at radius 3 is 2.95 bits per heavy atom. The van der Waals surface area contributed by atoms with Crippen molar-refractivity contribution in [1.82, 2.24) is 9.97 Å². The Balaban J connectivity index is 2.29. The van der Waals surface area contributed by atoms with Crippen LogP contribution in [0.5, 0.6) is 0 Å². The molecule has 110 valence electrons. The van der Waals surface area contributed by atoms with Gasteiger partial charge in [-0.05, 0) is 25.7 Å². The Hall–Kier alpha value is -1.49. The van der Waals surface area contributed by atoms with Crippen molar-refractivity contribution in [3.63, 3.8) is 0 Å². The van der Waals surface area contributed by atoms with Gasteiger partial charge in [0, 0.05) is 18.7 Å². The van der Waals surface area contributed by atoms with Crippen molar-refractivity contribution in [1.29, 1.82) is 0 Å². The molecule has 0 aliphatic carbocycles. The molecule has 0 saturated carbocycles. The van der Waals surface area contributed by atoms with Gasteiger partial charge in [-0.2, -0.15) is 0 Å². The van der Waals surface area contributed by atoms with Gasteiger partial charge < -0.3 is 9.47 Å². The number of carbonyl (C=O) groups is 1. The summed E-state index contributed by atoms with van der Waals surface area (Å²) in [6, 6.07) is 0. The molecule has 1 aromatic rings. The molecule has 1 atom stereocenters. The lowest BCUT2D eigenvalue weighted by Gasteiger charge is -2.22. The highest BCUT2D eigenvalue weighted by Gasteiger charge is 2.23. The first-order valence-corrected chi connectivity index (χ1v) is 7.25. The van der Waals surface area contributed by atoms with Gasteiger partial charge in [0.2, 0.25) is 0 Å². The smallest absolute Gasteiger partial charge is 0.341 e. The normalized spacial score (nSPS) is 19.1. The van der Waals surface area contributed by atoms with Gasteiger partial charge in [-0.1, -0.05) is 13.8 Å². The van der Waals surface area contributed by atoms with Gasteiger partial charge in [-0.3, -0.25) is 0 Å². The third-order valence-electron chi connectivity index (χ3n) is 3.40. The Kier molecular flexibility index (Phi) is 5.06. The molecule has 0 amide bonds. The number of hydrogen-bond donors (Lipinski definition) is 0. The number of hydrogen-bond acceptors (Lipinski definition) is 5. The first kappa shape index (κ1) is 14.9. The SMILES string of the molecule is CCOC(=O)c1cnc(C2CCCOC2)nc1C(C)C. The highest BCUT2D eigenvalue weighted by molar-refractivity contribution is 5.90. The summed E-state index contributed by atoms with van der Waals surface area (Å²) in [6.45, 7) is 7.67. The van der Waals surface area contributed by atoms with Gasteiger partial charge in [-0.15, -0.1) is 0 Å². The molecule has 1 unspecified atom stereocenters. The van der Waals surface area contributed by atoms with Crippen molar-refractivity contribution in [2.75, 3.05) is 19.8 Å². The van der Waals surface area contributed by atoms with E-state index < -0.39 is 0 Å². The van der Waals surface area contributed by atoms with Gasteiger partial charge in [0.05, 0.1) is 24.5 Å². The van der Waals surface area contributed by atoms with Crippen molar-refractivity contribution in [2.45, 2.75) is 45.4 Å². The van der Waals surface area contributed by atoms with Crippen LogP contribution >= 0.6 is 0 Å². The molecular weight excluding hydrogens is 256 g/mol. The van der Waals surface area contributed by atoms with Gasteiger partial charge in [0.25, 0.3) is 0 Å². The van der Waals surface area contributed by atoms with Crippen LogP contribution < -0.4 is 0 Å². The molecule has 2 rings (SSSR count). The Labute approximate surface area is 119 Å². The van der Waals surface area contributed by atoms with Crippen LogP contribution in [0.1, 0.15) is 67.3 Å². The number of carbonyl (C=O) groups excluding carboxylic acids is 1. The number of nitrogens with zero attached hydrogens (tertiary/aromatic N) is 2. The lowest BCUT2D eigenvalue weighted by molar-refractivity contribution is 0.0523. The molecule has 1 saturated heterocycles.